The average Bonchev–Trinajstić information content (AvgIpc) is 2.32. The zero-order valence-electron chi connectivity index (χ0n) is 10.4. The van der Waals surface area contributed by atoms with Gasteiger partial charge in [0.25, 0.3) is 0 Å². The van der Waals surface area contributed by atoms with Crippen molar-refractivity contribution in [1.82, 2.24) is 0 Å². The predicted molar refractivity (Wildman–Crippen MR) is 60.8 cm³/mol. The van der Waals surface area contributed by atoms with E-state index in [1.165, 1.54) is 14.2 Å². The van der Waals surface area contributed by atoms with E-state index in [0.717, 1.165) is 18.4 Å². The lowest BCUT2D eigenvalue weighted by molar-refractivity contribution is -0.150. The molecule has 0 heterocycles. The van der Waals surface area contributed by atoms with Gasteiger partial charge in [0.15, 0.2) is 0 Å². The van der Waals surface area contributed by atoms with Gasteiger partial charge in [0.05, 0.1) is 26.6 Å². The Morgan fingerprint density at radius 2 is 1.81 bits per heavy atom. The number of allylic oxidation sites excluding steroid dienone is 1. The summed E-state index contributed by atoms with van der Waals surface area (Å²) in [5.74, 6) is -1.29. The van der Waals surface area contributed by atoms with Gasteiger partial charge in [-0.2, -0.15) is 0 Å². The third kappa shape index (κ3) is 4.47. The van der Waals surface area contributed by atoms with Crippen molar-refractivity contribution in [2.45, 2.75) is 33.1 Å². The van der Waals surface area contributed by atoms with Crippen LogP contribution in [0.2, 0.25) is 0 Å². The van der Waals surface area contributed by atoms with Gasteiger partial charge < -0.3 is 9.47 Å². The Balaban J connectivity index is 4.84. The molecule has 0 saturated heterocycles. The van der Waals surface area contributed by atoms with Crippen molar-refractivity contribution in [3.63, 3.8) is 0 Å². The molecule has 0 amide bonds. The molecule has 0 bridgehead atoms. The summed E-state index contributed by atoms with van der Waals surface area (Å²) in [5.41, 5.74) is 0.930. The first-order chi connectivity index (χ1) is 7.60. The summed E-state index contributed by atoms with van der Waals surface area (Å²) in [6.45, 7) is 3.94. The molecule has 4 nitrogen and oxygen atoms in total. The average molecular weight is 228 g/mol. The Morgan fingerprint density at radius 1 is 1.19 bits per heavy atom. The highest BCUT2D eigenvalue weighted by molar-refractivity contribution is 5.82. The smallest absolute Gasteiger partial charge is 0.313 e. The molecule has 0 rings (SSSR count). The largest absolute Gasteiger partial charge is 0.469 e. The lowest BCUT2D eigenvalue weighted by Crippen LogP contribution is -2.22. The monoisotopic (exact) mass is 228 g/mol. The molecular weight excluding hydrogens is 208 g/mol. The van der Waals surface area contributed by atoms with E-state index >= 15 is 0 Å². The van der Waals surface area contributed by atoms with Crippen LogP contribution in [0.1, 0.15) is 33.1 Å². The van der Waals surface area contributed by atoms with Crippen molar-refractivity contribution in [2.75, 3.05) is 14.2 Å². The molecule has 0 aromatic carbocycles. The second kappa shape index (κ2) is 7.91. The van der Waals surface area contributed by atoms with Crippen LogP contribution < -0.4 is 0 Å². The number of hydrogen-bond donors (Lipinski definition) is 0. The molecule has 0 spiro atoms. The quantitative estimate of drug-likeness (QED) is 0.516. The van der Waals surface area contributed by atoms with Gasteiger partial charge in [0.1, 0.15) is 0 Å². The van der Waals surface area contributed by atoms with Gasteiger partial charge >= 0.3 is 11.9 Å². The predicted octanol–water partition coefficient (Wildman–Crippen LogP) is 2.09. The van der Waals surface area contributed by atoms with E-state index in [-0.39, 0.29) is 12.4 Å². The Hall–Kier alpha value is -1.32. The Kier molecular flexibility index (Phi) is 7.25. The molecule has 92 valence electrons. The Bertz CT molecular complexity index is 268. The van der Waals surface area contributed by atoms with Crippen LogP contribution in [0, 0.1) is 5.92 Å². The highest BCUT2D eigenvalue weighted by Gasteiger charge is 2.25. The molecule has 1 unspecified atom stereocenters. The van der Waals surface area contributed by atoms with Crippen molar-refractivity contribution in [2.24, 2.45) is 5.92 Å². The van der Waals surface area contributed by atoms with Crippen LogP contribution in [0.15, 0.2) is 11.6 Å². The number of esters is 2. The van der Waals surface area contributed by atoms with Crippen LogP contribution in [-0.2, 0) is 19.1 Å². The summed E-state index contributed by atoms with van der Waals surface area (Å²) < 4.78 is 9.27. The summed E-state index contributed by atoms with van der Waals surface area (Å²) in [7, 11) is 2.64. The molecular formula is C12H20O4. The molecule has 4 heteroatoms. The van der Waals surface area contributed by atoms with Crippen molar-refractivity contribution < 1.29 is 19.1 Å². The third-order valence-electron chi connectivity index (χ3n) is 2.41. The van der Waals surface area contributed by atoms with Crippen molar-refractivity contribution in [3.05, 3.63) is 11.6 Å². The number of carbonyl (C=O) groups is 2. The molecule has 16 heavy (non-hydrogen) atoms. The maximum absolute atomic E-state index is 11.6. The normalized spacial score (nSPS) is 13.1. The van der Waals surface area contributed by atoms with Crippen molar-refractivity contribution in [3.8, 4) is 0 Å². The number of rotatable bonds is 6. The zero-order chi connectivity index (χ0) is 12.6. The lowest BCUT2D eigenvalue weighted by atomic mass is 9.93. The molecule has 0 aromatic rings. The van der Waals surface area contributed by atoms with Gasteiger partial charge in [-0.25, -0.2) is 0 Å². The van der Waals surface area contributed by atoms with Crippen LogP contribution >= 0.6 is 0 Å². The first-order valence-electron chi connectivity index (χ1n) is 5.44. The van der Waals surface area contributed by atoms with Crippen molar-refractivity contribution >= 4 is 11.9 Å². The maximum atomic E-state index is 11.6. The van der Waals surface area contributed by atoms with Crippen LogP contribution in [-0.4, -0.2) is 26.2 Å². The second-order valence-corrected chi connectivity index (χ2v) is 3.40. The fourth-order valence-corrected chi connectivity index (χ4v) is 1.55. The number of carbonyl (C=O) groups excluding carboxylic acids is 2. The van der Waals surface area contributed by atoms with Crippen LogP contribution in [0.4, 0.5) is 0 Å². The standard InChI is InChI=1S/C12H20O4/c1-5-7-9(6-2)10(12(14)16-4)8-11(13)15-3/h7,10H,5-6,8H2,1-4H3/b9-7+. The number of ether oxygens (including phenoxy) is 2. The minimum atomic E-state index is -0.512. The van der Waals surface area contributed by atoms with Crippen LogP contribution in [0.5, 0.6) is 0 Å². The first kappa shape index (κ1) is 14.7. The maximum Gasteiger partial charge on any atom is 0.313 e. The summed E-state index contributed by atoms with van der Waals surface area (Å²) in [4.78, 5) is 22.8. The molecule has 0 saturated carbocycles. The highest BCUT2D eigenvalue weighted by Crippen LogP contribution is 2.21. The van der Waals surface area contributed by atoms with Crippen molar-refractivity contribution in [1.29, 1.82) is 0 Å². The van der Waals surface area contributed by atoms with Crippen LogP contribution in [0.25, 0.3) is 0 Å². The van der Waals surface area contributed by atoms with E-state index in [9.17, 15) is 9.59 Å². The van der Waals surface area contributed by atoms with Gasteiger partial charge in [0.2, 0.25) is 0 Å². The van der Waals surface area contributed by atoms with E-state index in [4.69, 9.17) is 4.74 Å². The van der Waals surface area contributed by atoms with Gasteiger partial charge in [-0.05, 0) is 12.8 Å². The highest BCUT2D eigenvalue weighted by atomic mass is 16.5. The van der Waals surface area contributed by atoms with Crippen LogP contribution in [0.3, 0.4) is 0 Å². The molecule has 1 atom stereocenters. The van der Waals surface area contributed by atoms with E-state index in [2.05, 4.69) is 4.74 Å². The molecule has 0 radical (unpaired) electrons. The topological polar surface area (TPSA) is 52.6 Å². The summed E-state index contributed by atoms with van der Waals surface area (Å²) in [5, 5.41) is 0. The summed E-state index contributed by atoms with van der Waals surface area (Å²) >= 11 is 0. The third-order valence-corrected chi connectivity index (χ3v) is 2.41. The molecule has 0 aliphatic heterocycles. The summed E-state index contributed by atoms with van der Waals surface area (Å²) in [6.07, 6.45) is 3.57. The SMILES string of the molecule is CC/C=C(\CC)C(CC(=O)OC)C(=O)OC. The van der Waals surface area contributed by atoms with Gasteiger partial charge in [0, 0.05) is 0 Å². The minimum Gasteiger partial charge on any atom is -0.469 e. The molecule has 0 aromatic heterocycles. The number of hydrogen-bond acceptors (Lipinski definition) is 4. The molecule has 0 fully saturated rings. The van der Waals surface area contributed by atoms with Gasteiger partial charge in [-0.15, -0.1) is 0 Å². The molecule has 0 aliphatic rings. The van der Waals surface area contributed by atoms with E-state index in [1.54, 1.807) is 0 Å². The Labute approximate surface area is 96.6 Å². The van der Waals surface area contributed by atoms with E-state index in [1.807, 2.05) is 19.9 Å². The fraction of sp³-hybridized carbons (Fsp3) is 0.667. The second-order valence-electron chi connectivity index (χ2n) is 3.40. The molecule has 0 N–H and O–H groups in total. The van der Waals surface area contributed by atoms with E-state index < -0.39 is 11.9 Å². The lowest BCUT2D eigenvalue weighted by Gasteiger charge is -2.16. The first-order valence-corrected chi connectivity index (χ1v) is 5.44. The summed E-state index contributed by atoms with van der Waals surface area (Å²) in [6, 6.07) is 0. The van der Waals surface area contributed by atoms with Gasteiger partial charge in [-0.3, -0.25) is 9.59 Å². The number of methoxy groups -OCH3 is 2. The fourth-order valence-electron chi connectivity index (χ4n) is 1.55. The molecule has 0 aliphatic carbocycles. The minimum absolute atomic E-state index is 0.0445. The van der Waals surface area contributed by atoms with Gasteiger partial charge in [-0.1, -0.05) is 25.5 Å². The Morgan fingerprint density at radius 3 is 2.19 bits per heavy atom. The van der Waals surface area contributed by atoms with E-state index in [0.29, 0.717) is 0 Å². The zero-order valence-corrected chi connectivity index (χ0v) is 10.4.